The average Bonchev–Trinajstić information content (AvgIpc) is 3.04. The lowest BCUT2D eigenvalue weighted by atomic mass is 10.1. The Labute approximate surface area is 111 Å². The number of aromatic nitrogens is 3. The van der Waals surface area contributed by atoms with Crippen molar-refractivity contribution in [2.75, 3.05) is 0 Å². The van der Waals surface area contributed by atoms with Crippen LogP contribution in [-0.2, 0) is 0 Å². The zero-order chi connectivity index (χ0) is 12.8. The van der Waals surface area contributed by atoms with Gasteiger partial charge in [0.05, 0.1) is 15.9 Å². The molecular formula is C14H8FN3S. The Morgan fingerprint density at radius 1 is 1.16 bits per heavy atom. The smallest absolute Gasteiger partial charge is 0.125 e. The maximum atomic E-state index is 13.3. The van der Waals surface area contributed by atoms with Crippen molar-refractivity contribution < 1.29 is 4.39 Å². The first-order valence-corrected chi connectivity index (χ1v) is 6.66. The number of nitrogens with one attached hydrogen (secondary N) is 1. The van der Waals surface area contributed by atoms with Gasteiger partial charge in [-0.1, -0.05) is 0 Å². The fourth-order valence-corrected chi connectivity index (χ4v) is 2.95. The van der Waals surface area contributed by atoms with Gasteiger partial charge >= 0.3 is 0 Å². The molecule has 0 aliphatic rings. The number of halogens is 1. The third kappa shape index (κ3) is 1.55. The van der Waals surface area contributed by atoms with Gasteiger partial charge < -0.3 is 4.98 Å². The van der Waals surface area contributed by atoms with Crippen LogP contribution in [0.3, 0.4) is 0 Å². The van der Waals surface area contributed by atoms with Gasteiger partial charge in [0.25, 0.3) is 0 Å². The molecule has 0 aliphatic heterocycles. The third-order valence-electron chi connectivity index (χ3n) is 3.15. The van der Waals surface area contributed by atoms with Crippen molar-refractivity contribution in [3.05, 3.63) is 48.0 Å². The maximum Gasteiger partial charge on any atom is 0.125 e. The molecule has 0 saturated heterocycles. The van der Waals surface area contributed by atoms with E-state index in [2.05, 4.69) is 15.0 Å². The molecule has 5 heteroatoms. The zero-order valence-corrected chi connectivity index (χ0v) is 10.5. The first kappa shape index (κ1) is 10.6. The van der Waals surface area contributed by atoms with Gasteiger partial charge in [-0.25, -0.2) is 4.39 Å². The van der Waals surface area contributed by atoms with Gasteiger partial charge in [0, 0.05) is 28.7 Å². The van der Waals surface area contributed by atoms with Crippen molar-refractivity contribution in [3.63, 3.8) is 0 Å². The van der Waals surface area contributed by atoms with E-state index in [1.54, 1.807) is 24.0 Å². The van der Waals surface area contributed by atoms with E-state index >= 15 is 0 Å². The summed E-state index contributed by atoms with van der Waals surface area (Å²) < 4.78 is 13.3. The molecule has 4 rings (SSSR count). The summed E-state index contributed by atoms with van der Waals surface area (Å²) in [5.41, 5.74) is 4.34. The molecule has 0 fully saturated rings. The highest BCUT2D eigenvalue weighted by Crippen LogP contribution is 2.32. The number of fused-ring (bicyclic) bond motifs is 3. The molecule has 0 spiro atoms. The van der Waals surface area contributed by atoms with Gasteiger partial charge in [0.2, 0.25) is 0 Å². The van der Waals surface area contributed by atoms with Crippen molar-refractivity contribution in [1.82, 2.24) is 15.0 Å². The number of aromatic amines is 1. The van der Waals surface area contributed by atoms with Gasteiger partial charge in [-0.2, -0.15) is 0 Å². The maximum absolute atomic E-state index is 13.3. The summed E-state index contributed by atoms with van der Waals surface area (Å²) in [7, 11) is 0. The molecule has 0 radical (unpaired) electrons. The van der Waals surface area contributed by atoms with Crippen LogP contribution in [0.15, 0.2) is 42.2 Å². The second-order valence-electron chi connectivity index (χ2n) is 4.26. The molecule has 0 saturated carbocycles. The number of pyridine rings is 1. The van der Waals surface area contributed by atoms with Crippen LogP contribution in [0.4, 0.5) is 4.39 Å². The van der Waals surface area contributed by atoms with Gasteiger partial charge in [0.15, 0.2) is 0 Å². The van der Waals surface area contributed by atoms with E-state index < -0.39 is 0 Å². The van der Waals surface area contributed by atoms with Crippen molar-refractivity contribution in [2.24, 2.45) is 0 Å². The minimum Gasteiger partial charge on any atom is -0.353 e. The van der Waals surface area contributed by atoms with E-state index in [-0.39, 0.29) is 5.82 Å². The number of hydrogen-bond acceptors (Lipinski definition) is 3. The van der Waals surface area contributed by atoms with Crippen LogP contribution in [0, 0.1) is 5.82 Å². The topological polar surface area (TPSA) is 41.6 Å². The largest absolute Gasteiger partial charge is 0.353 e. The normalized spacial score (nSPS) is 11.4. The minimum atomic E-state index is -0.244. The predicted molar refractivity (Wildman–Crippen MR) is 74.7 cm³/mol. The Hall–Kier alpha value is -2.27. The van der Waals surface area contributed by atoms with Crippen LogP contribution >= 0.6 is 11.3 Å². The van der Waals surface area contributed by atoms with Crippen molar-refractivity contribution in [3.8, 4) is 10.6 Å². The summed E-state index contributed by atoms with van der Waals surface area (Å²) in [5, 5.41) is 2.05. The molecule has 0 bridgehead atoms. The summed E-state index contributed by atoms with van der Waals surface area (Å²) in [6.45, 7) is 0. The Balaban J connectivity index is 2.14. The van der Waals surface area contributed by atoms with Gasteiger partial charge in [-0.05, 0) is 24.3 Å². The number of rotatable bonds is 1. The van der Waals surface area contributed by atoms with Gasteiger partial charge in [-0.3, -0.25) is 9.97 Å². The summed E-state index contributed by atoms with van der Waals surface area (Å²) in [4.78, 5) is 12.7. The predicted octanol–water partition coefficient (Wildman–Crippen LogP) is 3.98. The Morgan fingerprint density at radius 2 is 2.11 bits per heavy atom. The first-order chi connectivity index (χ1) is 9.33. The van der Waals surface area contributed by atoms with E-state index in [0.717, 1.165) is 32.4 Å². The second kappa shape index (κ2) is 3.86. The molecule has 0 atom stereocenters. The summed E-state index contributed by atoms with van der Waals surface area (Å²) in [6.07, 6.45) is 3.56. The fourth-order valence-electron chi connectivity index (χ4n) is 2.32. The van der Waals surface area contributed by atoms with Crippen LogP contribution in [-0.4, -0.2) is 15.0 Å². The Bertz CT molecular complexity index is 880. The molecule has 0 aliphatic carbocycles. The molecule has 4 aromatic rings. The summed E-state index contributed by atoms with van der Waals surface area (Å²) >= 11 is 1.54. The van der Waals surface area contributed by atoms with Crippen LogP contribution in [0.5, 0.6) is 0 Å². The van der Waals surface area contributed by atoms with Gasteiger partial charge in [0.1, 0.15) is 11.5 Å². The number of nitrogens with zero attached hydrogens (tertiary/aromatic N) is 2. The molecule has 92 valence electrons. The second-order valence-corrected chi connectivity index (χ2v) is 5.15. The van der Waals surface area contributed by atoms with E-state index in [1.165, 1.54) is 23.5 Å². The van der Waals surface area contributed by atoms with E-state index in [9.17, 15) is 4.39 Å². The number of benzene rings is 1. The third-order valence-corrected chi connectivity index (χ3v) is 3.93. The molecule has 19 heavy (non-hydrogen) atoms. The lowest BCUT2D eigenvalue weighted by Crippen LogP contribution is -1.81. The Kier molecular flexibility index (Phi) is 2.16. The van der Waals surface area contributed by atoms with Crippen LogP contribution in [0.25, 0.3) is 32.4 Å². The molecule has 1 N–H and O–H groups in total. The number of thiazole rings is 1. The highest BCUT2D eigenvalue weighted by Gasteiger charge is 2.11. The molecule has 3 heterocycles. The van der Waals surface area contributed by atoms with Crippen molar-refractivity contribution >= 4 is 33.1 Å². The molecule has 3 nitrogen and oxygen atoms in total. The summed E-state index contributed by atoms with van der Waals surface area (Å²) in [6, 6.07) is 6.71. The fraction of sp³-hybridized carbons (Fsp3) is 0. The molecule has 1 aromatic carbocycles. The minimum absolute atomic E-state index is 0.244. The van der Waals surface area contributed by atoms with E-state index in [1.807, 2.05) is 6.07 Å². The SMILES string of the molecule is Fc1ccc2c(c1)[nH]c1c(-c3cncs3)nccc12. The van der Waals surface area contributed by atoms with Crippen molar-refractivity contribution in [2.45, 2.75) is 0 Å². The number of H-pyrrole nitrogens is 1. The van der Waals surface area contributed by atoms with E-state index in [0.29, 0.717) is 0 Å². The van der Waals surface area contributed by atoms with Gasteiger partial charge in [-0.15, -0.1) is 11.3 Å². The zero-order valence-electron chi connectivity index (χ0n) is 9.72. The van der Waals surface area contributed by atoms with Crippen molar-refractivity contribution in [1.29, 1.82) is 0 Å². The average molecular weight is 269 g/mol. The first-order valence-electron chi connectivity index (χ1n) is 5.78. The lowest BCUT2D eigenvalue weighted by molar-refractivity contribution is 0.629. The van der Waals surface area contributed by atoms with Crippen LogP contribution < -0.4 is 0 Å². The molecule has 3 aromatic heterocycles. The lowest BCUT2D eigenvalue weighted by Gasteiger charge is -1.97. The monoisotopic (exact) mass is 269 g/mol. The highest BCUT2D eigenvalue weighted by molar-refractivity contribution is 7.13. The van der Waals surface area contributed by atoms with E-state index in [4.69, 9.17) is 0 Å². The quantitative estimate of drug-likeness (QED) is 0.568. The van der Waals surface area contributed by atoms with Crippen LogP contribution in [0.1, 0.15) is 0 Å². The highest BCUT2D eigenvalue weighted by atomic mass is 32.1. The molecule has 0 amide bonds. The summed E-state index contributed by atoms with van der Waals surface area (Å²) in [5.74, 6) is -0.244. The Morgan fingerprint density at radius 3 is 2.95 bits per heavy atom. The standard InChI is InChI=1S/C14H8FN3S/c15-8-1-2-9-10-3-4-17-14(12-6-16-7-19-12)13(10)18-11(9)5-8/h1-7,18H. The van der Waals surface area contributed by atoms with Crippen LogP contribution in [0.2, 0.25) is 0 Å². The number of hydrogen-bond donors (Lipinski definition) is 1. The molecular weight excluding hydrogens is 261 g/mol. The molecule has 0 unspecified atom stereocenters.